The Morgan fingerprint density at radius 2 is 1.94 bits per heavy atom. The molecule has 1 atom stereocenters. The van der Waals surface area contributed by atoms with E-state index in [9.17, 15) is 0 Å². The SMILES string of the molecule is Cc1cc(Nc2ncnc3ccc(C#C[C@H]4CCCNC4)cc23)ccc1Oc1ccccc1. The number of hydrogen-bond donors (Lipinski definition) is 2. The summed E-state index contributed by atoms with van der Waals surface area (Å²) in [6, 6.07) is 21.9. The van der Waals surface area contributed by atoms with Crippen LogP contribution in [-0.4, -0.2) is 23.1 Å². The minimum absolute atomic E-state index is 0.415. The second kappa shape index (κ2) is 9.72. The van der Waals surface area contributed by atoms with Gasteiger partial charge in [0.05, 0.1) is 5.52 Å². The highest BCUT2D eigenvalue weighted by atomic mass is 16.5. The number of piperidine rings is 1. The summed E-state index contributed by atoms with van der Waals surface area (Å²) in [5.41, 5.74) is 3.85. The summed E-state index contributed by atoms with van der Waals surface area (Å²) in [5, 5.41) is 7.82. The monoisotopic (exact) mass is 434 g/mol. The Morgan fingerprint density at radius 3 is 2.76 bits per heavy atom. The topological polar surface area (TPSA) is 59.1 Å². The molecule has 164 valence electrons. The lowest BCUT2D eigenvalue weighted by Gasteiger charge is -2.17. The molecule has 1 aliphatic rings. The number of rotatable bonds is 4. The Bertz CT molecular complexity index is 1320. The minimum Gasteiger partial charge on any atom is -0.457 e. The van der Waals surface area contributed by atoms with E-state index in [0.29, 0.717) is 5.92 Å². The molecule has 0 aliphatic carbocycles. The highest BCUT2D eigenvalue weighted by Crippen LogP contribution is 2.30. The minimum atomic E-state index is 0.415. The van der Waals surface area contributed by atoms with Crippen LogP contribution in [0, 0.1) is 24.7 Å². The van der Waals surface area contributed by atoms with Crippen LogP contribution >= 0.6 is 0 Å². The Morgan fingerprint density at radius 1 is 1.03 bits per heavy atom. The van der Waals surface area contributed by atoms with E-state index in [1.807, 2.05) is 61.5 Å². The predicted octanol–water partition coefficient (Wildman–Crippen LogP) is 5.83. The summed E-state index contributed by atoms with van der Waals surface area (Å²) in [4.78, 5) is 8.93. The Labute approximate surface area is 194 Å². The van der Waals surface area contributed by atoms with Gasteiger partial charge in [0.25, 0.3) is 0 Å². The molecule has 2 heterocycles. The molecule has 1 saturated heterocycles. The van der Waals surface area contributed by atoms with Gasteiger partial charge in [-0.2, -0.15) is 0 Å². The van der Waals surface area contributed by atoms with Gasteiger partial charge >= 0.3 is 0 Å². The smallest absolute Gasteiger partial charge is 0.141 e. The number of para-hydroxylation sites is 1. The van der Waals surface area contributed by atoms with E-state index in [-0.39, 0.29) is 0 Å². The molecule has 4 aromatic rings. The fourth-order valence-corrected chi connectivity index (χ4v) is 3.99. The number of ether oxygens (including phenoxy) is 1. The van der Waals surface area contributed by atoms with Crippen molar-refractivity contribution in [2.24, 2.45) is 5.92 Å². The van der Waals surface area contributed by atoms with Crippen LogP contribution in [0.15, 0.2) is 73.1 Å². The molecule has 5 heteroatoms. The molecule has 5 nitrogen and oxygen atoms in total. The van der Waals surface area contributed by atoms with Crippen molar-refractivity contribution in [3.63, 3.8) is 0 Å². The van der Waals surface area contributed by atoms with E-state index < -0.39 is 0 Å². The van der Waals surface area contributed by atoms with Crippen LogP contribution in [0.3, 0.4) is 0 Å². The first-order valence-corrected chi connectivity index (χ1v) is 11.3. The summed E-state index contributed by atoms with van der Waals surface area (Å²) in [6.45, 7) is 4.11. The molecule has 33 heavy (non-hydrogen) atoms. The Kier molecular flexibility index (Phi) is 6.19. The number of benzene rings is 3. The number of aromatic nitrogens is 2. The maximum atomic E-state index is 6.00. The van der Waals surface area contributed by atoms with Gasteiger partial charge in [0.2, 0.25) is 0 Å². The van der Waals surface area contributed by atoms with E-state index in [1.54, 1.807) is 6.33 Å². The highest BCUT2D eigenvalue weighted by Gasteiger charge is 2.10. The van der Waals surface area contributed by atoms with Gasteiger partial charge in [-0.3, -0.25) is 0 Å². The largest absolute Gasteiger partial charge is 0.457 e. The summed E-state index contributed by atoms with van der Waals surface area (Å²) >= 11 is 0. The lowest BCUT2D eigenvalue weighted by Crippen LogP contribution is -2.28. The van der Waals surface area contributed by atoms with Crippen molar-refractivity contribution in [2.45, 2.75) is 19.8 Å². The second-order valence-electron chi connectivity index (χ2n) is 8.29. The van der Waals surface area contributed by atoms with E-state index in [2.05, 4.69) is 44.6 Å². The number of hydrogen-bond acceptors (Lipinski definition) is 5. The van der Waals surface area contributed by atoms with Gasteiger partial charge in [-0.05, 0) is 80.4 Å². The predicted molar refractivity (Wildman–Crippen MR) is 133 cm³/mol. The van der Waals surface area contributed by atoms with Crippen molar-refractivity contribution in [3.8, 4) is 23.3 Å². The molecule has 1 fully saturated rings. The van der Waals surface area contributed by atoms with Crippen molar-refractivity contribution >= 4 is 22.4 Å². The van der Waals surface area contributed by atoms with Gasteiger partial charge in [0, 0.05) is 29.1 Å². The van der Waals surface area contributed by atoms with E-state index in [1.165, 1.54) is 6.42 Å². The molecule has 1 aliphatic heterocycles. The number of fused-ring (bicyclic) bond motifs is 1. The standard InChI is InChI=1S/C28H26N4O/c1-20-16-23(12-14-27(20)33-24-7-3-2-4-8-24)32-28-25-17-21(11-13-26(25)30-19-31-28)9-10-22-6-5-15-29-18-22/h2-4,7-8,11-14,16-17,19,22,29H,5-6,15,18H2,1H3,(H,30,31,32)/t22-/m1/s1. The van der Waals surface area contributed by atoms with Gasteiger partial charge in [0.15, 0.2) is 0 Å². The maximum Gasteiger partial charge on any atom is 0.141 e. The van der Waals surface area contributed by atoms with Crippen LogP contribution < -0.4 is 15.4 Å². The molecule has 0 spiro atoms. The van der Waals surface area contributed by atoms with Crippen LogP contribution in [0.2, 0.25) is 0 Å². The van der Waals surface area contributed by atoms with Crippen LogP contribution in [0.4, 0.5) is 11.5 Å². The van der Waals surface area contributed by atoms with Gasteiger partial charge in [-0.1, -0.05) is 30.0 Å². The summed E-state index contributed by atoms with van der Waals surface area (Å²) in [5.74, 6) is 9.59. The van der Waals surface area contributed by atoms with Crippen LogP contribution in [0.25, 0.3) is 10.9 Å². The zero-order chi connectivity index (χ0) is 22.5. The molecule has 2 N–H and O–H groups in total. The molecule has 0 unspecified atom stereocenters. The number of anilines is 2. The third-order valence-electron chi connectivity index (χ3n) is 5.76. The number of aryl methyl sites for hydroxylation is 1. The lowest BCUT2D eigenvalue weighted by molar-refractivity contribution is 0.449. The summed E-state index contributed by atoms with van der Waals surface area (Å²) < 4.78 is 6.00. The molecular weight excluding hydrogens is 408 g/mol. The van der Waals surface area contributed by atoms with Crippen molar-refractivity contribution < 1.29 is 4.74 Å². The van der Waals surface area contributed by atoms with E-state index in [0.717, 1.165) is 64.5 Å². The second-order valence-corrected chi connectivity index (χ2v) is 8.29. The van der Waals surface area contributed by atoms with Crippen molar-refractivity contribution in [1.29, 1.82) is 0 Å². The van der Waals surface area contributed by atoms with E-state index in [4.69, 9.17) is 4.74 Å². The van der Waals surface area contributed by atoms with Crippen molar-refractivity contribution in [3.05, 3.63) is 84.2 Å². The van der Waals surface area contributed by atoms with Crippen molar-refractivity contribution in [1.82, 2.24) is 15.3 Å². The first kappa shape index (κ1) is 21.0. The molecule has 5 rings (SSSR count). The highest BCUT2D eigenvalue weighted by molar-refractivity contribution is 5.91. The van der Waals surface area contributed by atoms with Crippen LogP contribution in [0.5, 0.6) is 11.5 Å². The molecular formula is C28H26N4O. The molecule has 0 bridgehead atoms. The van der Waals surface area contributed by atoms with Crippen molar-refractivity contribution in [2.75, 3.05) is 18.4 Å². The van der Waals surface area contributed by atoms with Gasteiger partial charge < -0.3 is 15.4 Å². The average Bonchev–Trinajstić information content (AvgIpc) is 2.86. The van der Waals surface area contributed by atoms with Gasteiger partial charge in [-0.15, -0.1) is 0 Å². The molecule has 0 saturated carbocycles. The molecule has 0 amide bonds. The van der Waals surface area contributed by atoms with Crippen LogP contribution in [0.1, 0.15) is 24.0 Å². The number of nitrogens with one attached hydrogen (secondary N) is 2. The quantitative estimate of drug-likeness (QED) is 0.396. The third kappa shape index (κ3) is 5.14. The zero-order valence-electron chi connectivity index (χ0n) is 18.6. The first-order valence-electron chi connectivity index (χ1n) is 11.3. The first-order chi connectivity index (χ1) is 16.2. The summed E-state index contributed by atoms with van der Waals surface area (Å²) in [6.07, 6.45) is 3.93. The maximum absolute atomic E-state index is 6.00. The molecule has 3 aromatic carbocycles. The Balaban J connectivity index is 1.38. The third-order valence-corrected chi connectivity index (χ3v) is 5.76. The van der Waals surface area contributed by atoms with Crippen LogP contribution in [-0.2, 0) is 0 Å². The summed E-state index contributed by atoms with van der Waals surface area (Å²) in [7, 11) is 0. The fraction of sp³-hybridized carbons (Fsp3) is 0.214. The fourth-order valence-electron chi connectivity index (χ4n) is 3.99. The zero-order valence-corrected chi connectivity index (χ0v) is 18.6. The number of nitrogens with zero attached hydrogens (tertiary/aromatic N) is 2. The van der Waals surface area contributed by atoms with E-state index >= 15 is 0 Å². The molecule has 1 aromatic heterocycles. The lowest BCUT2D eigenvalue weighted by atomic mass is 10.00. The molecule has 0 radical (unpaired) electrons. The Hall–Kier alpha value is -3.88. The normalized spacial score (nSPS) is 15.5. The van der Waals surface area contributed by atoms with Gasteiger partial charge in [-0.25, -0.2) is 9.97 Å². The van der Waals surface area contributed by atoms with Gasteiger partial charge in [0.1, 0.15) is 23.6 Å². The average molecular weight is 435 g/mol.